The molecule has 2 heterocycles. The topological polar surface area (TPSA) is 43.4 Å². The first-order valence-corrected chi connectivity index (χ1v) is 8.25. The number of anilines is 1. The normalized spacial score (nSPS) is 14.3. The molecular formula is C17H20N2O2S. The van der Waals surface area contributed by atoms with E-state index in [4.69, 9.17) is 14.5 Å². The number of aryl methyl sites for hydroxylation is 1. The summed E-state index contributed by atoms with van der Waals surface area (Å²) < 4.78 is 10.6. The molecule has 1 aliphatic heterocycles. The molecule has 3 rings (SSSR count). The van der Waals surface area contributed by atoms with Gasteiger partial charge in [-0.1, -0.05) is 23.5 Å². The van der Waals surface area contributed by atoms with Crippen molar-refractivity contribution < 1.29 is 9.47 Å². The summed E-state index contributed by atoms with van der Waals surface area (Å²) in [6.45, 7) is 1.05. The van der Waals surface area contributed by atoms with Crippen molar-refractivity contribution in [2.24, 2.45) is 0 Å². The summed E-state index contributed by atoms with van der Waals surface area (Å²) in [7, 11) is 3.29. The lowest BCUT2D eigenvalue weighted by molar-refractivity contribution is 0.355. The van der Waals surface area contributed by atoms with Gasteiger partial charge in [-0.25, -0.2) is 4.98 Å². The van der Waals surface area contributed by atoms with Gasteiger partial charge >= 0.3 is 0 Å². The molecule has 0 saturated carbocycles. The third-order valence-corrected chi connectivity index (χ3v) is 4.69. The Kier molecular flexibility index (Phi) is 4.63. The summed E-state index contributed by atoms with van der Waals surface area (Å²) in [5.41, 5.74) is 2.27. The van der Waals surface area contributed by atoms with Crippen LogP contribution in [0.3, 0.4) is 0 Å². The monoisotopic (exact) mass is 316 g/mol. The Morgan fingerprint density at radius 3 is 2.82 bits per heavy atom. The Hall–Kier alpha value is -2.01. The molecule has 0 spiro atoms. The molecule has 1 aromatic carbocycles. The third kappa shape index (κ3) is 3.25. The van der Waals surface area contributed by atoms with Gasteiger partial charge in [0.1, 0.15) is 10.0 Å². The fourth-order valence-corrected chi connectivity index (χ4v) is 3.43. The van der Waals surface area contributed by atoms with Crippen LogP contribution in [-0.2, 0) is 6.42 Å². The van der Waals surface area contributed by atoms with Crippen LogP contribution in [0, 0.1) is 0 Å². The lowest BCUT2D eigenvalue weighted by Gasteiger charge is -2.07. The molecule has 0 aliphatic carbocycles. The van der Waals surface area contributed by atoms with E-state index in [0.29, 0.717) is 0 Å². The summed E-state index contributed by atoms with van der Waals surface area (Å²) >= 11 is 1.72. The van der Waals surface area contributed by atoms with Crippen molar-refractivity contribution in [3.8, 4) is 11.5 Å². The van der Waals surface area contributed by atoms with Gasteiger partial charge in [0.05, 0.1) is 19.9 Å². The number of aromatic nitrogens is 1. The Labute approximate surface area is 134 Å². The van der Waals surface area contributed by atoms with Crippen LogP contribution in [0.1, 0.15) is 29.1 Å². The van der Waals surface area contributed by atoms with Crippen molar-refractivity contribution in [2.45, 2.75) is 19.3 Å². The summed E-state index contributed by atoms with van der Waals surface area (Å²) in [4.78, 5) is 4.72. The second kappa shape index (κ2) is 6.83. The highest BCUT2D eigenvalue weighted by atomic mass is 32.1. The van der Waals surface area contributed by atoms with Crippen molar-refractivity contribution in [1.29, 1.82) is 0 Å². The number of nitrogens with one attached hydrogen (secondary N) is 1. The van der Waals surface area contributed by atoms with Gasteiger partial charge in [0.25, 0.3) is 0 Å². The Balaban J connectivity index is 1.79. The number of hydrogen-bond acceptors (Lipinski definition) is 5. The number of methoxy groups -OCH3 is 2. The van der Waals surface area contributed by atoms with Crippen LogP contribution in [-0.4, -0.2) is 25.7 Å². The number of nitrogens with zero attached hydrogens (tertiary/aromatic N) is 1. The number of ether oxygens (including phenoxy) is 2. The second-order valence-corrected chi connectivity index (χ2v) is 6.19. The molecule has 5 heteroatoms. The molecule has 0 saturated heterocycles. The van der Waals surface area contributed by atoms with Crippen molar-refractivity contribution in [3.05, 3.63) is 34.5 Å². The summed E-state index contributed by atoms with van der Waals surface area (Å²) in [6.07, 6.45) is 7.62. The first-order chi connectivity index (χ1) is 10.8. The van der Waals surface area contributed by atoms with Gasteiger partial charge in [0, 0.05) is 6.54 Å². The molecule has 0 radical (unpaired) electrons. The second-order valence-electron chi connectivity index (χ2n) is 5.16. The first-order valence-electron chi connectivity index (χ1n) is 7.44. The minimum absolute atomic E-state index is 0.737. The van der Waals surface area contributed by atoms with Crippen LogP contribution in [0.5, 0.6) is 11.5 Å². The van der Waals surface area contributed by atoms with Gasteiger partial charge in [0.2, 0.25) is 0 Å². The zero-order chi connectivity index (χ0) is 15.4. The number of fused-ring (bicyclic) bond motifs is 1. The van der Waals surface area contributed by atoms with Gasteiger partial charge in [0.15, 0.2) is 11.5 Å². The highest BCUT2D eigenvalue weighted by Gasteiger charge is 2.12. The van der Waals surface area contributed by atoms with Crippen LogP contribution in [0.25, 0.3) is 12.2 Å². The van der Waals surface area contributed by atoms with Gasteiger partial charge < -0.3 is 14.8 Å². The molecule has 0 bridgehead atoms. The van der Waals surface area contributed by atoms with E-state index >= 15 is 0 Å². The SMILES string of the molecule is COc1ccc(/C=C/c2nc3c(s2)NCCCC3)cc1OC. The average molecular weight is 316 g/mol. The molecule has 1 aromatic heterocycles. The number of rotatable bonds is 4. The Morgan fingerprint density at radius 1 is 1.14 bits per heavy atom. The van der Waals surface area contributed by atoms with Gasteiger partial charge in [-0.3, -0.25) is 0 Å². The number of benzene rings is 1. The molecule has 1 N–H and O–H groups in total. The van der Waals surface area contributed by atoms with E-state index in [9.17, 15) is 0 Å². The van der Waals surface area contributed by atoms with E-state index in [-0.39, 0.29) is 0 Å². The molecule has 2 aromatic rings. The van der Waals surface area contributed by atoms with Gasteiger partial charge in [-0.15, -0.1) is 0 Å². The molecule has 0 atom stereocenters. The lowest BCUT2D eigenvalue weighted by atomic mass is 10.2. The van der Waals surface area contributed by atoms with Crippen LogP contribution in [0.2, 0.25) is 0 Å². The van der Waals surface area contributed by atoms with E-state index in [2.05, 4.69) is 17.5 Å². The fraction of sp³-hybridized carbons (Fsp3) is 0.353. The Morgan fingerprint density at radius 2 is 2.00 bits per heavy atom. The molecule has 116 valence electrons. The first kappa shape index (κ1) is 14.9. The maximum absolute atomic E-state index is 5.33. The van der Waals surface area contributed by atoms with E-state index in [1.54, 1.807) is 25.6 Å². The zero-order valence-electron chi connectivity index (χ0n) is 12.9. The maximum atomic E-state index is 5.33. The molecule has 22 heavy (non-hydrogen) atoms. The van der Waals surface area contributed by atoms with Crippen molar-refractivity contribution in [2.75, 3.05) is 26.1 Å². The summed E-state index contributed by atoms with van der Waals surface area (Å²) in [5, 5.41) is 5.73. The molecule has 4 nitrogen and oxygen atoms in total. The van der Waals surface area contributed by atoms with E-state index < -0.39 is 0 Å². The van der Waals surface area contributed by atoms with E-state index in [0.717, 1.165) is 35.0 Å². The molecular weight excluding hydrogens is 296 g/mol. The smallest absolute Gasteiger partial charge is 0.161 e. The number of thiazole rings is 1. The third-order valence-electron chi connectivity index (χ3n) is 3.67. The van der Waals surface area contributed by atoms with Crippen LogP contribution >= 0.6 is 11.3 Å². The quantitative estimate of drug-likeness (QED) is 0.923. The predicted octanol–water partition coefficient (Wildman–Crippen LogP) is 4.08. The Bertz CT molecular complexity index is 656. The highest BCUT2D eigenvalue weighted by molar-refractivity contribution is 7.16. The summed E-state index contributed by atoms with van der Waals surface area (Å²) in [6, 6.07) is 5.89. The number of hydrogen-bond donors (Lipinski definition) is 1. The molecule has 0 fully saturated rings. The highest BCUT2D eigenvalue weighted by Crippen LogP contribution is 2.31. The maximum Gasteiger partial charge on any atom is 0.161 e. The van der Waals surface area contributed by atoms with E-state index in [1.807, 2.05) is 18.2 Å². The minimum Gasteiger partial charge on any atom is -0.493 e. The molecule has 0 amide bonds. The van der Waals surface area contributed by atoms with Crippen molar-refractivity contribution in [3.63, 3.8) is 0 Å². The average Bonchev–Trinajstić information content (AvgIpc) is 2.82. The largest absolute Gasteiger partial charge is 0.493 e. The van der Waals surface area contributed by atoms with Crippen LogP contribution in [0.4, 0.5) is 5.00 Å². The predicted molar refractivity (Wildman–Crippen MR) is 92.0 cm³/mol. The minimum atomic E-state index is 0.737. The molecule has 1 aliphatic rings. The van der Waals surface area contributed by atoms with Crippen LogP contribution < -0.4 is 14.8 Å². The van der Waals surface area contributed by atoms with Gasteiger partial charge in [-0.2, -0.15) is 0 Å². The van der Waals surface area contributed by atoms with Crippen molar-refractivity contribution in [1.82, 2.24) is 4.98 Å². The van der Waals surface area contributed by atoms with Crippen LogP contribution in [0.15, 0.2) is 18.2 Å². The zero-order valence-corrected chi connectivity index (χ0v) is 13.7. The lowest BCUT2D eigenvalue weighted by Crippen LogP contribution is -1.96. The van der Waals surface area contributed by atoms with E-state index in [1.165, 1.54) is 23.5 Å². The standard InChI is InChI=1S/C17H20N2O2S/c1-20-14-8-6-12(11-15(14)21-2)7-9-16-19-13-5-3-4-10-18-17(13)22-16/h6-9,11,18H,3-5,10H2,1-2H3/b9-7+. The van der Waals surface area contributed by atoms with Crippen molar-refractivity contribution >= 4 is 28.5 Å². The molecule has 0 unspecified atom stereocenters. The summed E-state index contributed by atoms with van der Waals surface area (Å²) in [5.74, 6) is 1.48. The fourth-order valence-electron chi connectivity index (χ4n) is 2.49. The van der Waals surface area contributed by atoms with Gasteiger partial charge in [-0.05, 0) is 43.0 Å².